The molecular weight excluding hydrogens is 517 g/mol. The van der Waals surface area contributed by atoms with Gasteiger partial charge in [0.25, 0.3) is 0 Å². The van der Waals surface area contributed by atoms with Crippen molar-refractivity contribution in [3.63, 3.8) is 0 Å². The average Bonchev–Trinajstić information content (AvgIpc) is 3.65. The van der Waals surface area contributed by atoms with Gasteiger partial charge in [-0.2, -0.15) is 0 Å². The van der Waals surface area contributed by atoms with E-state index in [2.05, 4.69) is 46.7 Å². The van der Waals surface area contributed by atoms with Crippen molar-refractivity contribution in [2.24, 2.45) is 17.6 Å². The van der Waals surface area contributed by atoms with E-state index in [9.17, 15) is 14.0 Å². The molecule has 0 spiro atoms. The Bertz CT molecular complexity index is 1460. The van der Waals surface area contributed by atoms with Crippen molar-refractivity contribution < 1.29 is 14.0 Å². The number of halogens is 1. The fourth-order valence-corrected chi connectivity index (χ4v) is 8.46. The molecule has 0 radical (unpaired) electrons. The van der Waals surface area contributed by atoms with Gasteiger partial charge in [-0.1, -0.05) is 24.3 Å². The molecule has 4 fully saturated rings. The Morgan fingerprint density at radius 2 is 1.71 bits per heavy atom. The number of benzene rings is 2. The maximum absolute atomic E-state index is 14.5. The van der Waals surface area contributed by atoms with E-state index in [0.717, 1.165) is 55.6 Å². The Kier molecular flexibility index (Phi) is 6.64. The Morgan fingerprint density at radius 3 is 2.39 bits per heavy atom. The lowest BCUT2D eigenvalue weighted by Crippen LogP contribution is -2.49. The molecule has 2 N–H and O–H groups in total. The molecule has 1 aromatic heterocycles. The van der Waals surface area contributed by atoms with Crippen LogP contribution >= 0.6 is 0 Å². The normalized spacial score (nSPS) is 29.1. The third-order valence-electron chi connectivity index (χ3n) is 10.8. The van der Waals surface area contributed by atoms with Gasteiger partial charge < -0.3 is 15.2 Å². The molecule has 3 aromatic rings. The number of nitrogens with zero attached hydrogens (tertiary/aromatic N) is 4. The summed E-state index contributed by atoms with van der Waals surface area (Å²) in [6.45, 7) is 4.40. The fraction of sp³-hybridized carbons (Fsp3) is 0.545. The van der Waals surface area contributed by atoms with E-state index in [1.807, 2.05) is 11.0 Å². The SMILES string of the molecule is Cc1nc2ccccc2n1[C@H]1C[C@H]2CC[C@@H](C1)N2CCC1(c2cccc(F)c2)CCN(C(=O)C2CC2C(N)=O)CC1. The van der Waals surface area contributed by atoms with Crippen LogP contribution in [0.25, 0.3) is 11.0 Å². The number of nitrogens with two attached hydrogens (primary N) is 1. The summed E-state index contributed by atoms with van der Waals surface area (Å²) in [5.41, 5.74) is 8.64. The van der Waals surface area contributed by atoms with Crippen molar-refractivity contribution in [2.45, 2.75) is 81.8 Å². The Balaban J connectivity index is 1.06. The molecule has 2 unspecified atom stereocenters. The van der Waals surface area contributed by atoms with Crippen molar-refractivity contribution in [3.8, 4) is 0 Å². The second kappa shape index (κ2) is 10.2. The first-order valence-electron chi connectivity index (χ1n) is 15.4. The highest BCUT2D eigenvalue weighted by molar-refractivity contribution is 5.91. The van der Waals surface area contributed by atoms with Gasteiger partial charge >= 0.3 is 0 Å². The summed E-state index contributed by atoms with van der Waals surface area (Å²) in [4.78, 5) is 34.1. The second-order valence-electron chi connectivity index (χ2n) is 13.0. The molecule has 2 amide bonds. The predicted octanol–water partition coefficient (Wildman–Crippen LogP) is 4.72. The highest BCUT2D eigenvalue weighted by Crippen LogP contribution is 2.46. The van der Waals surface area contributed by atoms with E-state index in [1.54, 1.807) is 6.07 Å². The molecule has 3 aliphatic heterocycles. The number of primary amides is 1. The molecule has 5 atom stereocenters. The largest absolute Gasteiger partial charge is 0.369 e. The smallest absolute Gasteiger partial charge is 0.226 e. The average molecular weight is 558 g/mol. The van der Waals surface area contributed by atoms with Crippen molar-refractivity contribution >= 4 is 22.8 Å². The van der Waals surface area contributed by atoms with E-state index >= 15 is 0 Å². The number of carbonyl (C=O) groups is 2. The number of hydrogen-bond donors (Lipinski definition) is 1. The molecule has 216 valence electrons. The predicted molar refractivity (Wildman–Crippen MR) is 156 cm³/mol. The van der Waals surface area contributed by atoms with Crippen molar-refractivity contribution in [1.82, 2.24) is 19.4 Å². The zero-order valence-corrected chi connectivity index (χ0v) is 23.8. The number of hydrogen-bond acceptors (Lipinski definition) is 4. The van der Waals surface area contributed by atoms with Crippen LogP contribution in [-0.2, 0) is 15.0 Å². The highest BCUT2D eigenvalue weighted by Gasteiger charge is 2.50. The molecule has 1 saturated carbocycles. The Labute approximate surface area is 240 Å². The zero-order chi connectivity index (χ0) is 28.3. The van der Waals surface area contributed by atoms with E-state index < -0.39 is 0 Å². The van der Waals surface area contributed by atoms with Gasteiger partial charge in [0, 0.05) is 31.2 Å². The molecular formula is C33H40FN5O2. The minimum atomic E-state index is -0.371. The maximum Gasteiger partial charge on any atom is 0.226 e. The summed E-state index contributed by atoms with van der Waals surface area (Å²) in [5, 5.41) is 0. The molecule has 4 aliphatic rings. The van der Waals surface area contributed by atoms with Crippen LogP contribution in [-0.4, -0.2) is 62.9 Å². The van der Waals surface area contributed by atoms with Crippen LogP contribution in [0, 0.1) is 24.6 Å². The minimum absolute atomic E-state index is 0.0593. The summed E-state index contributed by atoms with van der Waals surface area (Å²) in [6, 6.07) is 17.1. The summed E-state index contributed by atoms with van der Waals surface area (Å²) in [7, 11) is 0. The molecule has 7 rings (SSSR count). The lowest BCUT2D eigenvalue weighted by molar-refractivity contribution is -0.136. The summed E-state index contributed by atoms with van der Waals surface area (Å²) in [6.07, 6.45) is 7.87. The van der Waals surface area contributed by atoms with Crippen molar-refractivity contribution in [1.29, 1.82) is 0 Å². The number of para-hydroxylation sites is 2. The van der Waals surface area contributed by atoms with Crippen molar-refractivity contribution in [3.05, 3.63) is 65.7 Å². The molecule has 41 heavy (non-hydrogen) atoms. The van der Waals surface area contributed by atoms with Gasteiger partial charge in [-0.3, -0.25) is 14.5 Å². The lowest BCUT2D eigenvalue weighted by Gasteiger charge is -2.45. The fourth-order valence-electron chi connectivity index (χ4n) is 8.46. The summed E-state index contributed by atoms with van der Waals surface area (Å²) >= 11 is 0. The molecule has 7 nitrogen and oxygen atoms in total. The minimum Gasteiger partial charge on any atom is -0.369 e. The van der Waals surface area contributed by atoms with E-state index in [4.69, 9.17) is 10.7 Å². The molecule has 3 saturated heterocycles. The molecule has 4 heterocycles. The van der Waals surface area contributed by atoms with Gasteiger partial charge in [0.1, 0.15) is 11.6 Å². The van der Waals surface area contributed by atoms with Crippen LogP contribution in [0.15, 0.2) is 48.5 Å². The summed E-state index contributed by atoms with van der Waals surface area (Å²) < 4.78 is 16.9. The molecule has 2 bridgehead atoms. The first kappa shape index (κ1) is 26.6. The number of aryl methyl sites for hydroxylation is 1. The highest BCUT2D eigenvalue weighted by atomic mass is 19.1. The number of imidazole rings is 1. The van der Waals surface area contributed by atoms with Crippen molar-refractivity contribution in [2.75, 3.05) is 19.6 Å². The first-order valence-corrected chi connectivity index (χ1v) is 15.4. The molecule has 8 heteroatoms. The van der Waals surface area contributed by atoms with Crippen LogP contribution in [0.1, 0.15) is 68.8 Å². The zero-order valence-electron chi connectivity index (χ0n) is 23.8. The molecule has 1 aliphatic carbocycles. The standard InChI is InChI=1S/C33H40FN5O2/c1-21-36-29-7-2-3-8-30(29)39(21)26-18-24-9-10-25(19-26)38(24)16-13-33(22-5-4-6-23(34)17-22)11-14-37(15-12-33)32(41)28-20-27(28)31(35)40/h2-8,17,24-28H,9-16,18-20H2,1H3,(H2,35,40)/t24-,25+,26+,27?,28?. The van der Waals surface area contributed by atoms with Gasteiger partial charge in [-0.15, -0.1) is 0 Å². The number of carbonyl (C=O) groups excluding carboxylic acids is 2. The Hall–Kier alpha value is -3.26. The van der Waals surface area contributed by atoms with E-state index in [1.165, 1.54) is 24.4 Å². The monoisotopic (exact) mass is 557 g/mol. The summed E-state index contributed by atoms with van der Waals surface area (Å²) in [5.74, 6) is 0.0332. The number of likely N-dealkylation sites (tertiary alicyclic amines) is 1. The second-order valence-corrected chi connectivity index (χ2v) is 13.0. The number of fused-ring (bicyclic) bond motifs is 3. The number of rotatable bonds is 7. The number of aromatic nitrogens is 2. The third-order valence-corrected chi connectivity index (χ3v) is 10.8. The van der Waals surface area contributed by atoms with E-state index in [0.29, 0.717) is 37.6 Å². The third kappa shape index (κ3) is 4.74. The van der Waals surface area contributed by atoms with Gasteiger partial charge in [-0.05, 0) is 100 Å². The quantitative estimate of drug-likeness (QED) is 0.456. The van der Waals surface area contributed by atoms with E-state index in [-0.39, 0.29) is 34.9 Å². The Morgan fingerprint density at radius 1 is 0.976 bits per heavy atom. The van der Waals surface area contributed by atoms with Gasteiger partial charge in [0.2, 0.25) is 11.8 Å². The van der Waals surface area contributed by atoms with Crippen LogP contribution in [0.4, 0.5) is 4.39 Å². The van der Waals surface area contributed by atoms with Gasteiger partial charge in [0.15, 0.2) is 0 Å². The van der Waals surface area contributed by atoms with Gasteiger partial charge in [-0.25, -0.2) is 9.37 Å². The van der Waals surface area contributed by atoms with Crippen LogP contribution in [0.5, 0.6) is 0 Å². The lowest BCUT2D eigenvalue weighted by atomic mass is 9.70. The topological polar surface area (TPSA) is 84.5 Å². The van der Waals surface area contributed by atoms with Crippen LogP contribution in [0.2, 0.25) is 0 Å². The maximum atomic E-state index is 14.5. The number of piperidine rings is 2. The van der Waals surface area contributed by atoms with Crippen LogP contribution < -0.4 is 5.73 Å². The van der Waals surface area contributed by atoms with Gasteiger partial charge in [0.05, 0.1) is 22.9 Å². The number of amides is 2. The molecule has 2 aromatic carbocycles. The van der Waals surface area contributed by atoms with Crippen LogP contribution in [0.3, 0.4) is 0 Å². The first-order chi connectivity index (χ1) is 19.8.